The number of benzene rings is 1. The van der Waals surface area contributed by atoms with Crippen molar-refractivity contribution in [2.24, 2.45) is 0 Å². The molecule has 1 N–H and O–H groups in total. The smallest absolute Gasteiger partial charge is 0.269 e. The van der Waals surface area contributed by atoms with Crippen molar-refractivity contribution in [2.75, 3.05) is 0 Å². The summed E-state index contributed by atoms with van der Waals surface area (Å²) < 4.78 is 0. The van der Waals surface area contributed by atoms with Gasteiger partial charge in [-0.15, -0.1) is 0 Å². The molecule has 0 bridgehead atoms. The maximum atomic E-state index is 11.6. The van der Waals surface area contributed by atoms with E-state index in [1.165, 1.54) is 18.2 Å². The second-order valence-corrected chi connectivity index (χ2v) is 4.26. The van der Waals surface area contributed by atoms with E-state index in [9.17, 15) is 14.9 Å². The molecule has 0 aliphatic heterocycles. The predicted molar refractivity (Wildman–Crippen MR) is 78.2 cm³/mol. The first-order valence-electron chi connectivity index (χ1n) is 6.24. The van der Waals surface area contributed by atoms with Crippen LogP contribution in [0.25, 0.3) is 6.08 Å². The normalized spacial score (nSPS) is 10.5. The lowest BCUT2D eigenvalue weighted by molar-refractivity contribution is -0.384. The number of carbonyl (C=O) groups excluding carboxylic acids is 1. The average Bonchev–Trinajstić information content (AvgIpc) is 2.52. The fourth-order valence-electron chi connectivity index (χ4n) is 1.63. The van der Waals surface area contributed by atoms with Crippen molar-refractivity contribution < 1.29 is 9.72 Å². The zero-order valence-corrected chi connectivity index (χ0v) is 11.1. The Morgan fingerprint density at radius 1 is 1.29 bits per heavy atom. The largest absolute Gasteiger partial charge is 0.348 e. The van der Waals surface area contributed by atoms with Gasteiger partial charge in [0.2, 0.25) is 5.91 Å². The summed E-state index contributed by atoms with van der Waals surface area (Å²) >= 11 is 0. The molecule has 1 amide bonds. The van der Waals surface area contributed by atoms with Crippen LogP contribution in [-0.4, -0.2) is 15.8 Å². The molecule has 1 aromatic carbocycles. The van der Waals surface area contributed by atoms with E-state index in [0.717, 1.165) is 11.1 Å². The van der Waals surface area contributed by atoms with Crippen LogP contribution in [0.15, 0.2) is 54.9 Å². The summed E-state index contributed by atoms with van der Waals surface area (Å²) in [4.78, 5) is 25.6. The van der Waals surface area contributed by atoms with Crippen LogP contribution < -0.4 is 5.32 Å². The number of amides is 1. The van der Waals surface area contributed by atoms with Crippen molar-refractivity contribution >= 4 is 17.7 Å². The van der Waals surface area contributed by atoms with E-state index in [4.69, 9.17) is 0 Å². The molecule has 1 heterocycles. The Hall–Kier alpha value is -3.02. The minimum absolute atomic E-state index is 0.0215. The highest BCUT2D eigenvalue weighted by Gasteiger charge is 2.02. The van der Waals surface area contributed by atoms with Crippen LogP contribution in [0.5, 0.6) is 0 Å². The molecular formula is C15H13N3O3. The van der Waals surface area contributed by atoms with E-state index in [2.05, 4.69) is 10.3 Å². The third-order valence-electron chi connectivity index (χ3n) is 2.72. The second kappa shape index (κ2) is 6.95. The van der Waals surface area contributed by atoms with Gasteiger partial charge in [0.05, 0.1) is 4.92 Å². The van der Waals surface area contributed by atoms with Crippen LogP contribution in [0.2, 0.25) is 0 Å². The Balaban J connectivity index is 1.88. The molecule has 6 heteroatoms. The predicted octanol–water partition coefficient (Wildman–Crippen LogP) is 2.32. The van der Waals surface area contributed by atoms with Gasteiger partial charge in [0.1, 0.15) is 0 Å². The van der Waals surface area contributed by atoms with Gasteiger partial charge in [0.15, 0.2) is 0 Å². The van der Waals surface area contributed by atoms with Gasteiger partial charge in [0, 0.05) is 37.1 Å². The summed E-state index contributed by atoms with van der Waals surface area (Å²) in [6.45, 7) is 0.400. The topological polar surface area (TPSA) is 85.1 Å². The van der Waals surface area contributed by atoms with Crippen LogP contribution >= 0.6 is 0 Å². The Morgan fingerprint density at radius 2 is 2.05 bits per heavy atom. The van der Waals surface area contributed by atoms with E-state index in [1.54, 1.807) is 36.7 Å². The second-order valence-electron chi connectivity index (χ2n) is 4.26. The number of nitrogens with zero attached hydrogens (tertiary/aromatic N) is 2. The summed E-state index contributed by atoms with van der Waals surface area (Å²) in [5, 5.41) is 13.2. The third kappa shape index (κ3) is 4.54. The number of nitro benzene ring substituents is 1. The summed E-state index contributed by atoms with van der Waals surface area (Å²) in [7, 11) is 0. The van der Waals surface area contributed by atoms with E-state index in [1.807, 2.05) is 6.07 Å². The number of non-ortho nitro benzene ring substituents is 1. The Labute approximate surface area is 121 Å². The van der Waals surface area contributed by atoms with Gasteiger partial charge in [0.25, 0.3) is 5.69 Å². The summed E-state index contributed by atoms with van der Waals surface area (Å²) in [5.41, 5.74) is 1.65. The molecule has 106 valence electrons. The number of hydrogen-bond acceptors (Lipinski definition) is 4. The monoisotopic (exact) mass is 283 g/mol. The van der Waals surface area contributed by atoms with Crippen molar-refractivity contribution in [1.82, 2.24) is 10.3 Å². The molecule has 0 aliphatic rings. The van der Waals surface area contributed by atoms with Crippen molar-refractivity contribution in [3.05, 3.63) is 76.1 Å². The number of nitro groups is 1. The van der Waals surface area contributed by atoms with E-state index < -0.39 is 4.92 Å². The number of hydrogen-bond donors (Lipinski definition) is 1. The standard InChI is InChI=1S/C15H13N3O3/c19-15(17-11-13-2-1-9-16-10-13)8-5-12-3-6-14(7-4-12)18(20)21/h1-10H,11H2,(H,17,19)/b8-5+. The summed E-state index contributed by atoms with van der Waals surface area (Å²) in [6.07, 6.45) is 6.33. The Morgan fingerprint density at radius 3 is 2.67 bits per heavy atom. The Kier molecular flexibility index (Phi) is 4.76. The molecule has 2 aromatic rings. The molecule has 0 atom stereocenters. The summed E-state index contributed by atoms with van der Waals surface area (Å²) in [6, 6.07) is 9.63. The van der Waals surface area contributed by atoms with Gasteiger partial charge < -0.3 is 5.32 Å². The van der Waals surface area contributed by atoms with Crippen LogP contribution in [0.1, 0.15) is 11.1 Å². The molecular weight excluding hydrogens is 270 g/mol. The van der Waals surface area contributed by atoms with E-state index >= 15 is 0 Å². The molecule has 0 aliphatic carbocycles. The minimum atomic E-state index is -0.464. The zero-order valence-electron chi connectivity index (χ0n) is 11.1. The lowest BCUT2D eigenvalue weighted by atomic mass is 10.2. The van der Waals surface area contributed by atoms with Crippen molar-refractivity contribution in [1.29, 1.82) is 0 Å². The molecule has 0 fully saturated rings. The minimum Gasteiger partial charge on any atom is -0.348 e. The molecule has 1 aromatic heterocycles. The highest BCUT2D eigenvalue weighted by Crippen LogP contribution is 2.12. The summed E-state index contributed by atoms with van der Waals surface area (Å²) in [5.74, 6) is -0.239. The lowest BCUT2D eigenvalue weighted by Crippen LogP contribution is -2.20. The molecule has 21 heavy (non-hydrogen) atoms. The van der Waals surface area contributed by atoms with Gasteiger partial charge in [-0.1, -0.05) is 6.07 Å². The zero-order chi connectivity index (χ0) is 15.1. The first kappa shape index (κ1) is 14.4. The number of rotatable bonds is 5. The lowest BCUT2D eigenvalue weighted by Gasteiger charge is -2.01. The SMILES string of the molecule is O=C(/C=C/c1ccc([N+](=O)[O-])cc1)NCc1cccnc1. The Bertz CT molecular complexity index is 652. The molecule has 0 saturated carbocycles. The first-order valence-corrected chi connectivity index (χ1v) is 6.24. The quantitative estimate of drug-likeness (QED) is 0.518. The fraction of sp³-hybridized carbons (Fsp3) is 0.0667. The van der Waals surface area contributed by atoms with Gasteiger partial charge in [-0.25, -0.2) is 0 Å². The van der Waals surface area contributed by atoms with Gasteiger partial charge in [-0.3, -0.25) is 19.9 Å². The number of pyridine rings is 1. The van der Waals surface area contributed by atoms with Crippen LogP contribution in [0.3, 0.4) is 0 Å². The van der Waals surface area contributed by atoms with E-state index in [0.29, 0.717) is 6.54 Å². The molecule has 0 saturated heterocycles. The van der Waals surface area contributed by atoms with Crippen LogP contribution in [-0.2, 0) is 11.3 Å². The van der Waals surface area contributed by atoms with Crippen molar-refractivity contribution in [2.45, 2.75) is 6.54 Å². The maximum absolute atomic E-state index is 11.6. The highest BCUT2D eigenvalue weighted by molar-refractivity contribution is 5.91. The maximum Gasteiger partial charge on any atom is 0.269 e. The molecule has 2 rings (SSSR count). The number of aromatic nitrogens is 1. The van der Waals surface area contributed by atoms with Crippen molar-refractivity contribution in [3.63, 3.8) is 0 Å². The van der Waals surface area contributed by atoms with Gasteiger partial charge in [-0.05, 0) is 35.4 Å². The third-order valence-corrected chi connectivity index (χ3v) is 2.72. The van der Waals surface area contributed by atoms with Gasteiger partial charge in [-0.2, -0.15) is 0 Å². The van der Waals surface area contributed by atoms with Crippen molar-refractivity contribution in [3.8, 4) is 0 Å². The number of carbonyl (C=O) groups is 1. The van der Waals surface area contributed by atoms with Crippen LogP contribution in [0, 0.1) is 10.1 Å². The first-order chi connectivity index (χ1) is 10.1. The number of nitrogens with one attached hydrogen (secondary N) is 1. The molecule has 0 radical (unpaired) electrons. The average molecular weight is 283 g/mol. The molecule has 0 spiro atoms. The molecule has 0 unspecified atom stereocenters. The van der Waals surface area contributed by atoms with Gasteiger partial charge >= 0.3 is 0 Å². The fourth-order valence-corrected chi connectivity index (χ4v) is 1.63. The molecule has 6 nitrogen and oxygen atoms in total. The van der Waals surface area contributed by atoms with Crippen LogP contribution in [0.4, 0.5) is 5.69 Å². The van der Waals surface area contributed by atoms with E-state index in [-0.39, 0.29) is 11.6 Å². The highest BCUT2D eigenvalue weighted by atomic mass is 16.6.